The van der Waals surface area contributed by atoms with Crippen LogP contribution in [0, 0.1) is 0 Å². The maximum Gasteiger partial charge on any atom is 0.0848 e. The largest absolute Gasteiger partial charge is 0.366 e. The van der Waals surface area contributed by atoms with Gasteiger partial charge in [0.1, 0.15) is 0 Å². The molecule has 0 saturated carbocycles. The number of nitrogens with two attached hydrogens (primary N) is 1. The van der Waals surface area contributed by atoms with Crippen molar-refractivity contribution in [3.8, 4) is 0 Å². The molecule has 1 aromatic rings. The standard InChI is InChI=1S/C11H16N2O/c1-11(8-12)5-4-10(14-11)9-3-2-6-13-7-9/h2-3,6-7,10H,4-5,8,12H2,1H3. The fourth-order valence-electron chi connectivity index (χ4n) is 1.85. The molecule has 1 saturated heterocycles. The molecule has 2 unspecified atom stereocenters. The normalized spacial score (nSPS) is 32.0. The van der Waals surface area contributed by atoms with Crippen LogP contribution in [0.25, 0.3) is 0 Å². The Labute approximate surface area is 84.3 Å². The summed E-state index contributed by atoms with van der Waals surface area (Å²) in [6.45, 7) is 2.66. The van der Waals surface area contributed by atoms with Crippen LogP contribution in [0.3, 0.4) is 0 Å². The number of aromatic nitrogens is 1. The zero-order valence-corrected chi connectivity index (χ0v) is 8.44. The maximum absolute atomic E-state index is 5.92. The summed E-state index contributed by atoms with van der Waals surface area (Å²) in [6, 6.07) is 4.00. The predicted molar refractivity (Wildman–Crippen MR) is 54.8 cm³/mol. The van der Waals surface area contributed by atoms with Gasteiger partial charge in [-0.2, -0.15) is 0 Å². The van der Waals surface area contributed by atoms with E-state index in [0.717, 1.165) is 18.4 Å². The molecule has 2 heterocycles. The summed E-state index contributed by atoms with van der Waals surface area (Å²) < 4.78 is 5.92. The van der Waals surface area contributed by atoms with E-state index in [1.165, 1.54) is 0 Å². The van der Waals surface area contributed by atoms with Crippen molar-refractivity contribution < 1.29 is 4.74 Å². The molecule has 1 aliphatic heterocycles. The second-order valence-electron chi connectivity index (χ2n) is 4.09. The molecule has 0 aliphatic carbocycles. The minimum atomic E-state index is -0.138. The fraction of sp³-hybridized carbons (Fsp3) is 0.545. The zero-order chi connectivity index (χ0) is 10.0. The summed E-state index contributed by atoms with van der Waals surface area (Å²) in [5, 5.41) is 0. The van der Waals surface area contributed by atoms with E-state index in [2.05, 4.69) is 18.0 Å². The van der Waals surface area contributed by atoms with Crippen LogP contribution in [0.15, 0.2) is 24.5 Å². The summed E-state index contributed by atoms with van der Waals surface area (Å²) in [4.78, 5) is 4.09. The molecule has 76 valence electrons. The molecule has 0 bridgehead atoms. The first kappa shape index (κ1) is 9.62. The SMILES string of the molecule is CC1(CN)CCC(c2cccnc2)O1. The molecule has 1 aliphatic rings. The van der Waals surface area contributed by atoms with Gasteiger partial charge in [0.25, 0.3) is 0 Å². The Morgan fingerprint density at radius 1 is 1.71 bits per heavy atom. The van der Waals surface area contributed by atoms with Gasteiger partial charge in [0.2, 0.25) is 0 Å². The highest BCUT2D eigenvalue weighted by molar-refractivity contribution is 5.14. The fourth-order valence-corrected chi connectivity index (χ4v) is 1.85. The highest BCUT2D eigenvalue weighted by atomic mass is 16.5. The van der Waals surface area contributed by atoms with E-state index < -0.39 is 0 Å². The van der Waals surface area contributed by atoms with Crippen LogP contribution in [0.5, 0.6) is 0 Å². The van der Waals surface area contributed by atoms with E-state index in [0.29, 0.717) is 6.54 Å². The topological polar surface area (TPSA) is 48.1 Å². The zero-order valence-electron chi connectivity index (χ0n) is 8.44. The van der Waals surface area contributed by atoms with Crippen molar-refractivity contribution in [2.45, 2.75) is 31.5 Å². The number of hydrogen-bond donors (Lipinski definition) is 1. The first-order valence-corrected chi connectivity index (χ1v) is 5.01. The summed E-state index contributed by atoms with van der Waals surface area (Å²) in [5.41, 5.74) is 6.69. The summed E-state index contributed by atoms with van der Waals surface area (Å²) in [7, 11) is 0. The van der Waals surface area contributed by atoms with Gasteiger partial charge < -0.3 is 10.5 Å². The smallest absolute Gasteiger partial charge is 0.0848 e. The second kappa shape index (κ2) is 3.67. The molecule has 14 heavy (non-hydrogen) atoms. The van der Waals surface area contributed by atoms with Gasteiger partial charge in [-0.3, -0.25) is 4.98 Å². The molecular formula is C11H16N2O. The quantitative estimate of drug-likeness (QED) is 0.775. The molecule has 2 N–H and O–H groups in total. The minimum Gasteiger partial charge on any atom is -0.366 e. The van der Waals surface area contributed by atoms with Gasteiger partial charge >= 0.3 is 0 Å². The predicted octanol–water partition coefficient (Wildman–Crippen LogP) is 1.65. The molecule has 0 radical (unpaired) electrons. The van der Waals surface area contributed by atoms with Crippen molar-refractivity contribution in [2.24, 2.45) is 5.73 Å². The lowest BCUT2D eigenvalue weighted by Crippen LogP contribution is -2.33. The first-order valence-electron chi connectivity index (χ1n) is 5.01. The Balaban J connectivity index is 2.10. The van der Waals surface area contributed by atoms with Gasteiger partial charge in [-0.15, -0.1) is 0 Å². The Kier molecular flexibility index (Phi) is 2.52. The highest BCUT2D eigenvalue weighted by Gasteiger charge is 2.35. The molecule has 3 heteroatoms. The molecule has 1 fully saturated rings. The van der Waals surface area contributed by atoms with Crippen LogP contribution >= 0.6 is 0 Å². The minimum absolute atomic E-state index is 0.138. The van der Waals surface area contributed by atoms with Crippen LogP contribution in [-0.4, -0.2) is 17.1 Å². The highest BCUT2D eigenvalue weighted by Crippen LogP contribution is 2.38. The van der Waals surface area contributed by atoms with Crippen LogP contribution < -0.4 is 5.73 Å². The first-order chi connectivity index (χ1) is 6.73. The summed E-state index contributed by atoms with van der Waals surface area (Å²) in [5.74, 6) is 0. The number of nitrogens with zero attached hydrogens (tertiary/aromatic N) is 1. The van der Waals surface area contributed by atoms with Gasteiger partial charge in [0.15, 0.2) is 0 Å². The Hall–Kier alpha value is -0.930. The van der Waals surface area contributed by atoms with E-state index >= 15 is 0 Å². The number of hydrogen-bond acceptors (Lipinski definition) is 3. The number of pyridine rings is 1. The van der Waals surface area contributed by atoms with Crippen molar-refractivity contribution in [3.63, 3.8) is 0 Å². The molecule has 0 amide bonds. The van der Waals surface area contributed by atoms with Crippen LogP contribution in [0.1, 0.15) is 31.4 Å². The average Bonchev–Trinajstić information content (AvgIpc) is 2.63. The molecule has 0 aromatic carbocycles. The van der Waals surface area contributed by atoms with Crippen molar-refractivity contribution in [3.05, 3.63) is 30.1 Å². The van der Waals surface area contributed by atoms with Crippen LogP contribution in [0.2, 0.25) is 0 Å². The number of ether oxygens (including phenoxy) is 1. The van der Waals surface area contributed by atoms with Crippen molar-refractivity contribution in [1.82, 2.24) is 4.98 Å². The van der Waals surface area contributed by atoms with Gasteiger partial charge in [-0.1, -0.05) is 6.07 Å². The maximum atomic E-state index is 5.92. The van der Waals surface area contributed by atoms with E-state index in [4.69, 9.17) is 10.5 Å². The van der Waals surface area contributed by atoms with Crippen LogP contribution in [0.4, 0.5) is 0 Å². The second-order valence-corrected chi connectivity index (χ2v) is 4.09. The van der Waals surface area contributed by atoms with E-state index in [9.17, 15) is 0 Å². The van der Waals surface area contributed by atoms with Gasteiger partial charge in [-0.25, -0.2) is 0 Å². The lowest BCUT2D eigenvalue weighted by Gasteiger charge is -2.22. The van der Waals surface area contributed by atoms with Crippen molar-refractivity contribution >= 4 is 0 Å². The molecule has 0 spiro atoms. The third kappa shape index (κ3) is 1.79. The lowest BCUT2D eigenvalue weighted by atomic mass is 10.0. The van der Waals surface area contributed by atoms with E-state index in [1.54, 1.807) is 6.20 Å². The number of rotatable bonds is 2. The average molecular weight is 192 g/mol. The van der Waals surface area contributed by atoms with Gasteiger partial charge in [-0.05, 0) is 31.4 Å². The van der Waals surface area contributed by atoms with Crippen molar-refractivity contribution in [1.29, 1.82) is 0 Å². The molecular weight excluding hydrogens is 176 g/mol. The third-order valence-electron chi connectivity index (χ3n) is 2.85. The van der Waals surface area contributed by atoms with Gasteiger partial charge in [0, 0.05) is 18.9 Å². The van der Waals surface area contributed by atoms with Crippen LogP contribution in [-0.2, 0) is 4.74 Å². The molecule has 2 atom stereocenters. The monoisotopic (exact) mass is 192 g/mol. The van der Waals surface area contributed by atoms with Gasteiger partial charge in [0.05, 0.1) is 11.7 Å². The third-order valence-corrected chi connectivity index (χ3v) is 2.85. The molecule has 2 rings (SSSR count). The summed E-state index contributed by atoms with van der Waals surface area (Å²) in [6.07, 6.45) is 5.90. The lowest BCUT2D eigenvalue weighted by molar-refractivity contribution is -0.0231. The Bertz CT molecular complexity index is 301. The molecule has 3 nitrogen and oxygen atoms in total. The summed E-state index contributed by atoms with van der Waals surface area (Å²) >= 11 is 0. The van der Waals surface area contributed by atoms with E-state index in [1.807, 2.05) is 12.3 Å². The Morgan fingerprint density at radius 2 is 2.57 bits per heavy atom. The van der Waals surface area contributed by atoms with E-state index in [-0.39, 0.29) is 11.7 Å². The Morgan fingerprint density at radius 3 is 3.14 bits per heavy atom. The molecule has 1 aromatic heterocycles. The van der Waals surface area contributed by atoms with Crippen molar-refractivity contribution in [2.75, 3.05) is 6.54 Å².